The number of nitrogens with two attached hydrogens (primary N) is 1. The summed E-state index contributed by atoms with van der Waals surface area (Å²) in [5.41, 5.74) is 8.75. The normalized spacial score (nSPS) is 12.0. The monoisotopic (exact) mass is 305 g/mol. The van der Waals surface area contributed by atoms with Gasteiger partial charge in [0.05, 0.1) is 11.6 Å². The molecule has 0 saturated carbocycles. The van der Waals surface area contributed by atoms with Crippen LogP contribution in [0.2, 0.25) is 0 Å². The van der Waals surface area contributed by atoms with Gasteiger partial charge in [-0.2, -0.15) is 0 Å². The lowest BCUT2D eigenvalue weighted by Crippen LogP contribution is -2.36. The summed E-state index contributed by atoms with van der Waals surface area (Å²) in [5, 5.41) is 3.91. The molecular formula is C19H19N3O. The zero-order chi connectivity index (χ0) is 16.1. The third kappa shape index (κ3) is 3.93. The van der Waals surface area contributed by atoms with Crippen LogP contribution in [0.15, 0.2) is 66.9 Å². The van der Waals surface area contributed by atoms with Crippen LogP contribution in [0.3, 0.4) is 0 Å². The molecule has 1 amide bonds. The molecule has 0 fully saturated rings. The maximum Gasteiger partial charge on any atom is 0.241 e. The average molecular weight is 305 g/mol. The average Bonchev–Trinajstić information content (AvgIpc) is 2.60. The topological polar surface area (TPSA) is 68.0 Å². The second-order valence-electron chi connectivity index (χ2n) is 5.53. The van der Waals surface area contributed by atoms with Gasteiger partial charge in [0.25, 0.3) is 0 Å². The Bertz CT molecular complexity index is 802. The number of nitrogens with one attached hydrogen (secondary N) is 1. The van der Waals surface area contributed by atoms with Gasteiger partial charge in [-0.1, -0.05) is 42.5 Å². The summed E-state index contributed by atoms with van der Waals surface area (Å²) in [7, 11) is 0. The first-order chi connectivity index (χ1) is 11.2. The summed E-state index contributed by atoms with van der Waals surface area (Å²) in [6.45, 7) is 0. The lowest BCUT2D eigenvalue weighted by atomic mass is 10.1. The molecular weight excluding hydrogens is 286 g/mol. The van der Waals surface area contributed by atoms with Crippen LogP contribution in [0.25, 0.3) is 10.9 Å². The van der Waals surface area contributed by atoms with Crippen LogP contribution in [0.4, 0.5) is 5.69 Å². The molecule has 0 bridgehead atoms. The number of nitrogens with zero attached hydrogens (tertiary/aromatic N) is 1. The van der Waals surface area contributed by atoms with Crippen molar-refractivity contribution in [2.24, 2.45) is 5.73 Å². The van der Waals surface area contributed by atoms with Crippen LogP contribution < -0.4 is 11.1 Å². The van der Waals surface area contributed by atoms with Crippen molar-refractivity contribution in [1.82, 2.24) is 4.98 Å². The van der Waals surface area contributed by atoms with Gasteiger partial charge in [-0.05, 0) is 36.6 Å². The molecule has 3 N–H and O–H groups in total. The molecule has 2 aromatic carbocycles. The first-order valence-corrected chi connectivity index (χ1v) is 7.67. The number of anilines is 1. The van der Waals surface area contributed by atoms with Gasteiger partial charge in [0.2, 0.25) is 5.91 Å². The maximum absolute atomic E-state index is 12.2. The molecule has 3 rings (SSSR count). The Hall–Kier alpha value is -2.72. The molecule has 4 nitrogen and oxygen atoms in total. The molecule has 0 aliphatic heterocycles. The van der Waals surface area contributed by atoms with Crippen molar-refractivity contribution in [1.29, 1.82) is 0 Å². The Kier molecular flexibility index (Phi) is 4.64. The van der Waals surface area contributed by atoms with Crippen LogP contribution >= 0.6 is 0 Å². The minimum atomic E-state index is -0.533. The number of amides is 1. The van der Waals surface area contributed by atoms with Crippen molar-refractivity contribution in [3.05, 3.63) is 72.4 Å². The highest BCUT2D eigenvalue weighted by molar-refractivity contribution is 5.96. The van der Waals surface area contributed by atoms with Crippen molar-refractivity contribution in [3.63, 3.8) is 0 Å². The van der Waals surface area contributed by atoms with Gasteiger partial charge in [-0.25, -0.2) is 0 Å². The Morgan fingerprint density at radius 3 is 2.74 bits per heavy atom. The van der Waals surface area contributed by atoms with Crippen molar-refractivity contribution in [2.75, 3.05) is 5.32 Å². The van der Waals surface area contributed by atoms with E-state index in [9.17, 15) is 4.79 Å². The van der Waals surface area contributed by atoms with Gasteiger partial charge >= 0.3 is 0 Å². The number of carbonyl (C=O) groups is 1. The van der Waals surface area contributed by atoms with E-state index in [-0.39, 0.29) is 5.91 Å². The van der Waals surface area contributed by atoms with Crippen LogP contribution in [-0.2, 0) is 11.2 Å². The number of hydrogen-bond acceptors (Lipinski definition) is 3. The van der Waals surface area contributed by atoms with Crippen molar-refractivity contribution >= 4 is 22.5 Å². The number of aryl methyl sites for hydroxylation is 1. The predicted molar refractivity (Wildman–Crippen MR) is 93.1 cm³/mol. The lowest BCUT2D eigenvalue weighted by molar-refractivity contribution is -0.117. The molecule has 0 saturated heterocycles. The largest absolute Gasteiger partial charge is 0.325 e. The second-order valence-corrected chi connectivity index (χ2v) is 5.53. The van der Waals surface area contributed by atoms with Crippen molar-refractivity contribution < 1.29 is 4.79 Å². The first-order valence-electron chi connectivity index (χ1n) is 7.67. The summed E-state index contributed by atoms with van der Waals surface area (Å²) < 4.78 is 0. The highest BCUT2D eigenvalue weighted by Crippen LogP contribution is 2.17. The fraction of sp³-hybridized carbons (Fsp3) is 0.158. The number of aromatic nitrogens is 1. The van der Waals surface area contributed by atoms with E-state index in [2.05, 4.69) is 10.3 Å². The fourth-order valence-corrected chi connectivity index (χ4v) is 2.48. The molecule has 0 radical (unpaired) electrons. The van der Waals surface area contributed by atoms with Crippen LogP contribution in [0.5, 0.6) is 0 Å². The van der Waals surface area contributed by atoms with Crippen LogP contribution in [0, 0.1) is 0 Å². The molecule has 0 spiro atoms. The predicted octanol–water partition coefficient (Wildman–Crippen LogP) is 3.13. The molecule has 1 aromatic heterocycles. The maximum atomic E-state index is 12.2. The van der Waals surface area contributed by atoms with E-state index in [4.69, 9.17) is 5.73 Å². The minimum absolute atomic E-state index is 0.170. The molecule has 1 heterocycles. The molecule has 0 aliphatic rings. The van der Waals surface area contributed by atoms with Gasteiger partial charge in [-0.15, -0.1) is 0 Å². The van der Waals surface area contributed by atoms with E-state index in [1.807, 2.05) is 60.7 Å². The van der Waals surface area contributed by atoms with Gasteiger partial charge in [0.1, 0.15) is 0 Å². The van der Waals surface area contributed by atoms with E-state index >= 15 is 0 Å². The van der Waals surface area contributed by atoms with E-state index in [0.29, 0.717) is 6.42 Å². The summed E-state index contributed by atoms with van der Waals surface area (Å²) in [6.07, 6.45) is 3.13. The zero-order valence-electron chi connectivity index (χ0n) is 12.8. The van der Waals surface area contributed by atoms with E-state index < -0.39 is 6.04 Å². The van der Waals surface area contributed by atoms with E-state index in [0.717, 1.165) is 23.0 Å². The summed E-state index contributed by atoms with van der Waals surface area (Å²) in [4.78, 5) is 16.5. The summed E-state index contributed by atoms with van der Waals surface area (Å²) in [6, 6.07) is 19.0. The highest BCUT2D eigenvalue weighted by Gasteiger charge is 2.13. The first kappa shape index (κ1) is 15.2. The Balaban J connectivity index is 1.60. The highest BCUT2D eigenvalue weighted by atomic mass is 16.2. The lowest BCUT2D eigenvalue weighted by Gasteiger charge is -2.12. The molecule has 1 atom stereocenters. The third-order valence-electron chi connectivity index (χ3n) is 3.80. The van der Waals surface area contributed by atoms with Gasteiger partial charge < -0.3 is 11.1 Å². The summed E-state index contributed by atoms with van der Waals surface area (Å²) >= 11 is 0. The van der Waals surface area contributed by atoms with E-state index in [1.54, 1.807) is 6.20 Å². The number of hydrogen-bond donors (Lipinski definition) is 2. The molecule has 23 heavy (non-hydrogen) atoms. The van der Waals surface area contributed by atoms with Crippen LogP contribution in [-0.4, -0.2) is 16.9 Å². The molecule has 3 aromatic rings. The Morgan fingerprint density at radius 1 is 1.09 bits per heavy atom. The fourth-order valence-electron chi connectivity index (χ4n) is 2.48. The van der Waals surface area contributed by atoms with Gasteiger partial charge in [0.15, 0.2) is 0 Å². The smallest absolute Gasteiger partial charge is 0.241 e. The molecule has 116 valence electrons. The van der Waals surface area contributed by atoms with Gasteiger partial charge in [0, 0.05) is 17.3 Å². The SMILES string of the molecule is N[C@H](CCc1ccccc1)C(=O)Nc1ccc2cccnc2c1. The van der Waals surface area contributed by atoms with Crippen molar-refractivity contribution in [3.8, 4) is 0 Å². The zero-order valence-corrected chi connectivity index (χ0v) is 12.8. The molecule has 4 heteroatoms. The Morgan fingerprint density at radius 2 is 1.91 bits per heavy atom. The summed E-state index contributed by atoms with van der Waals surface area (Å²) in [5.74, 6) is -0.170. The number of benzene rings is 2. The van der Waals surface area contributed by atoms with Crippen LogP contribution in [0.1, 0.15) is 12.0 Å². The molecule has 0 aliphatic carbocycles. The quantitative estimate of drug-likeness (QED) is 0.761. The van der Waals surface area contributed by atoms with Crippen molar-refractivity contribution in [2.45, 2.75) is 18.9 Å². The second kappa shape index (κ2) is 7.03. The van der Waals surface area contributed by atoms with Gasteiger partial charge in [-0.3, -0.25) is 9.78 Å². The number of rotatable bonds is 5. The van der Waals surface area contributed by atoms with E-state index in [1.165, 1.54) is 5.56 Å². The number of pyridine rings is 1. The number of fused-ring (bicyclic) bond motifs is 1. The number of carbonyl (C=O) groups excluding carboxylic acids is 1. The Labute approximate surface area is 135 Å². The standard InChI is InChI=1S/C19H19N3O/c20-17(11-8-14-5-2-1-3-6-14)19(23)22-16-10-9-15-7-4-12-21-18(15)13-16/h1-7,9-10,12-13,17H,8,11,20H2,(H,22,23)/t17-/m1/s1. The third-order valence-corrected chi connectivity index (χ3v) is 3.80. The molecule has 0 unspecified atom stereocenters. The minimum Gasteiger partial charge on any atom is -0.325 e.